The molecule has 0 amide bonds. The Morgan fingerprint density at radius 3 is 2.94 bits per heavy atom. The summed E-state index contributed by atoms with van der Waals surface area (Å²) in [6.07, 6.45) is 1.83. The molecule has 0 aromatic rings. The first-order valence-corrected chi connectivity index (χ1v) is 6.66. The maximum Gasteiger partial charge on any atom is 0.303 e. The first kappa shape index (κ1) is 13.9. The molecule has 0 radical (unpaired) electrons. The summed E-state index contributed by atoms with van der Waals surface area (Å²) in [6.45, 7) is 4.18. The zero-order valence-electron chi connectivity index (χ0n) is 9.52. The quantitative estimate of drug-likeness (QED) is 0.600. The van der Waals surface area contributed by atoms with Crippen LogP contribution in [0.25, 0.3) is 0 Å². The standard InChI is InChI=1S/C11H18INO3/c1-7-11(15)9(4-6-13-7)10(3-5-12)16-8(2)14/h3,5,7,9-11,13,15H,4,6H2,1-2H3/b5-3+. The highest BCUT2D eigenvalue weighted by Crippen LogP contribution is 2.24. The third kappa shape index (κ3) is 3.71. The van der Waals surface area contributed by atoms with Crippen molar-refractivity contribution in [2.45, 2.75) is 38.5 Å². The second kappa shape index (κ2) is 6.56. The average molecular weight is 339 g/mol. The number of ether oxygens (including phenoxy) is 1. The van der Waals surface area contributed by atoms with Crippen molar-refractivity contribution >= 4 is 28.6 Å². The summed E-state index contributed by atoms with van der Waals surface area (Å²) >= 11 is 2.09. The maximum atomic E-state index is 11.0. The normalized spacial score (nSPS) is 32.6. The van der Waals surface area contributed by atoms with Gasteiger partial charge in [0.05, 0.1) is 6.10 Å². The van der Waals surface area contributed by atoms with Gasteiger partial charge in [0.1, 0.15) is 6.10 Å². The van der Waals surface area contributed by atoms with Gasteiger partial charge in [0, 0.05) is 18.9 Å². The number of carbonyl (C=O) groups is 1. The molecule has 1 heterocycles. The Labute approximate surface area is 110 Å². The molecule has 5 heteroatoms. The molecule has 1 aliphatic heterocycles. The van der Waals surface area contributed by atoms with Crippen molar-refractivity contribution in [3.8, 4) is 0 Å². The van der Waals surface area contributed by atoms with Crippen LogP contribution in [0.3, 0.4) is 0 Å². The first-order chi connectivity index (χ1) is 7.56. The largest absolute Gasteiger partial charge is 0.458 e. The lowest BCUT2D eigenvalue weighted by Crippen LogP contribution is -2.51. The average Bonchev–Trinajstić information content (AvgIpc) is 2.21. The molecule has 0 bridgehead atoms. The lowest BCUT2D eigenvalue weighted by molar-refractivity contribution is -0.149. The number of rotatable bonds is 3. The van der Waals surface area contributed by atoms with Crippen molar-refractivity contribution in [1.82, 2.24) is 5.32 Å². The molecule has 4 atom stereocenters. The molecule has 1 saturated heterocycles. The van der Waals surface area contributed by atoms with E-state index in [1.54, 1.807) is 0 Å². The summed E-state index contributed by atoms with van der Waals surface area (Å²) in [5, 5.41) is 13.3. The highest BCUT2D eigenvalue weighted by atomic mass is 127. The van der Waals surface area contributed by atoms with Gasteiger partial charge in [0.15, 0.2) is 0 Å². The smallest absolute Gasteiger partial charge is 0.303 e. The summed E-state index contributed by atoms with van der Waals surface area (Å²) in [5.74, 6) is -0.330. The summed E-state index contributed by atoms with van der Waals surface area (Å²) in [7, 11) is 0. The molecule has 2 N–H and O–H groups in total. The molecule has 1 fully saturated rings. The van der Waals surface area contributed by atoms with E-state index in [1.807, 2.05) is 17.1 Å². The van der Waals surface area contributed by atoms with E-state index >= 15 is 0 Å². The number of esters is 1. The zero-order chi connectivity index (χ0) is 12.1. The number of halogens is 1. The molecule has 4 nitrogen and oxygen atoms in total. The fraction of sp³-hybridized carbons (Fsp3) is 0.727. The Hall–Kier alpha value is -0.140. The molecule has 0 aliphatic carbocycles. The molecule has 1 rings (SSSR count). The summed E-state index contributed by atoms with van der Waals surface area (Å²) in [4.78, 5) is 11.0. The van der Waals surface area contributed by atoms with Gasteiger partial charge in [-0.2, -0.15) is 0 Å². The molecule has 92 valence electrons. The van der Waals surface area contributed by atoms with Crippen molar-refractivity contribution in [2.75, 3.05) is 6.54 Å². The Bertz CT molecular complexity index is 270. The minimum Gasteiger partial charge on any atom is -0.458 e. The zero-order valence-corrected chi connectivity index (χ0v) is 11.7. The van der Waals surface area contributed by atoms with Gasteiger partial charge in [0.25, 0.3) is 0 Å². The van der Waals surface area contributed by atoms with Crippen LogP contribution < -0.4 is 5.32 Å². The molecule has 0 saturated carbocycles. The topological polar surface area (TPSA) is 58.6 Å². The molecule has 1 aliphatic rings. The Kier molecular flexibility index (Phi) is 5.71. The van der Waals surface area contributed by atoms with Gasteiger partial charge in [-0.1, -0.05) is 22.6 Å². The number of nitrogens with one attached hydrogen (secondary N) is 1. The van der Waals surface area contributed by atoms with E-state index in [-0.39, 0.29) is 24.0 Å². The lowest BCUT2D eigenvalue weighted by atomic mass is 9.85. The van der Waals surface area contributed by atoms with Gasteiger partial charge in [-0.15, -0.1) is 0 Å². The van der Waals surface area contributed by atoms with Crippen molar-refractivity contribution in [3.05, 3.63) is 10.2 Å². The first-order valence-electron chi connectivity index (χ1n) is 5.41. The molecular weight excluding hydrogens is 321 g/mol. The number of carbonyl (C=O) groups excluding carboxylic acids is 1. The van der Waals surface area contributed by atoms with Crippen LogP contribution >= 0.6 is 22.6 Å². The fourth-order valence-corrected chi connectivity index (χ4v) is 2.44. The van der Waals surface area contributed by atoms with Crippen LogP contribution in [0.5, 0.6) is 0 Å². The van der Waals surface area contributed by atoms with Crippen molar-refractivity contribution in [2.24, 2.45) is 5.92 Å². The molecule has 0 aromatic heterocycles. The van der Waals surface area contributed by atoms with Crippen molar-refractivity contribution < 1.29 is 14.6 Å². The third-order valence-electron chi connectivity index (χ3n) is 2.88. The number of aliphatic hydroxyl groups is 1. The van der Waals surface area contributed by atoms with Crippen molar-refractivity contribution in [3.63, 3.8) is 0 Å². The highest BCUT2D eigenvalue weighted by Gasteiger charge is 2.34. The molecular formula is C11H18INO3. The summed E-state index contributed by atoms with van der Waals surface area (Å²) < 4.78 is 7.05. The highest BCUT2D eigenvalue weighted by molar-refractivity contribution is 14.1. The number of piperidine rings is 1. The van der Waals surface area contributed by atoms with E-state index in [0.29, 0.717) is 0 Å². The molecule has 0 aromatic carbocycles. The Balaban J connectivity index is 2.72. The molecule has 4 unspecified atom stereocenters. The van der Waals surface area contributed by atoms with E-state index in [0.717, 1.165) is 13.0 Å². The van der Waals surface area contributed by atoms with Crippen LogP contribution in [0.1, 0.15) is 20.3 Å². The van der Waals surface area contributed by atoms with E-state index in [9.17, 15) is 9.90 Å². The van der Waals surface area contributed by atoms with Crippen LogP contribution in [0.15, 0.2) is 10.2 Å². The van der Waals surface area contributed by atoms with E-state index in [1.165, 1.54) is 6.92 Å². The van der Waals surface area contributed by atoms with Crippen LogP contribution in [-0.4, -0.2) is 35.9 Å². The predicted molar refractivity (Wildman–Crippen MR) is 70.3 cm³/mol. The molecule has 0 spiro atoms. The maximum absolute atomic E-state index is 11.0. The number of hydrogen-bond donors (Lipinski definition) is 2. The lowest BCUT2D eigenvalue weighted by Gasteiger charge is -2.36. The number of aliphatic hydroxyl groups excluding tert-OH is 1. The molecule has 16 heavy (non-hydrogen) atoms. The predicted octanol–water partition coefficient (Wildman–Crippen LogP) is 1.23. The van der Waals surface area contributed by atoms with Crippen LogP contribution in [0.4, 0.5) is 0 Å². The Morgan fingerprint density at radius 1 is 1.69 bits per heavy atom. The number of hydrogen-bond acceptors (Lipinski definition) is 4. The minimum atomic E-state index is -0.481. The van der Waals surface area contributed by atoms with E-state index < -0.39 is 6.10 Å². The third-order valence-corrected chi connectivity index (χ3v) is 3.30. The monoisotopic (exact) mass is 339 g/mol. The SMILES string of the molecule is CC(=O)OC(/C=C/I)C1CCNC(C)C1O. The second-order valence-electron chi connectivity index (χ2n) is 4.08. The van der Waals surface area contributed by atoms with Crippen molar-refractivity contribution in [1.29, 1.82) is 0 Å². The van der Waals surface area contributed by atoms with E-state index in [2.05, 4.69) is 27.9 Å². The van der Waals surface area contributed by atoms with Gasteiger partial charge in [-0.3, -0.25) is 4.79 Å². The van der Waals surface area contributed by atoms with Gasteiger partial charge >= 0.3 is 5.97 Å². The van der Waals surface area contributed by atoms with Gasteiger partial charge in [0.2, 0.25) is 0 Å². The second-order valence-corrected chi connectivity index (χ2v) is 4.80. The van der Waals surface area contributed by atoms with Crippen LogP contribution in [-0.2, 0) is 9.53 Å². The Morgan fingerprint density at radius 2 is 2.38 bits per heavy atom. The van der Waals surface area contributed by atoms with Crippen LogP contribution in [0.2, 0.25) is 0 Å². The van der Waals surface area contributed by atoms with Crippen LogP contribution in [0, 0.1) is 5.92 Å². The summed E-state index contributed by atoms with van der Waals surface area (Å²) in [6, 6.07) is 0.0411. The minimum absolute atomic E-state index is 0.0221. The van der Waals surface area contributed by atoms with Gasteiger partial charge in [-0.25, -0.2) is 0 Å². The van der Waals surface area contributed by atoms with E-state index in [4.69, 9.17) is 4.74 Å². The summed E-state index contributed by atoms with van der Waals surface area (Å²) in [5.41, 5.74) is 0. The van der Waals surface area contributed by atoms with Gasteiger partial charge in [-0.05, 0) is 30.0 Å². The fourth-order valence-electron chi connectivity index (χ4n) is 2.03. The van der Waals surface area contributed by atoms with Gasteiger partial charge < -0.3 is 15.2 Å².